The standard InChI is InChI=1S/C26H51N3O4/c1-6-9-10-11-12-13-14-15-16-17-18-19-20-21-26(33-24(5)31-8-3)25(28-29-27)22-32-23(4)30-7-2/h20-21,23-26H,6-19,22H2,1-5H3/b21-20+/t23?,24?,25-,26+/m1/s1. The van der Waals surface area contributed by atoms with Gasteiger partial charge in [0.1, 0.15) is 0 Å². The first-order chi connectivity index (χ1) is 16.1. The van der Waals surface area contributed by atoms with Crippen molar-refractivity contribution < 1.29 is 18.9 Å². The molecule has 0 radical (unpaired) electrons. The van der Waals surface area contributed by atoms with Crippen LogP contribution in [0.2, 0.25) is 0 Å². The van der Waals surface area contributed by atoms with E-state index in [-0.39, 0.29) is 12.9 Å². The summed E-state index contributed by atoms with van der Waals surface area (Å²) >= 11 is 0. The number of hydrogen-bond donors (Lipinski definition) is 0. The predicted molar refractivity (Wildman–Crippen MR) is 136 cm³/mol. The SMILES string of the molecule is CCCCCCCCCCCCC/C=C/[C@H](OC(C)OCC)[C@@H](COC(C)OCC)N=[N+]=[N-]. The summed E-state index contributed by atoms with van der Waals surface area (Å²) in [6.07, 6.45) is 18.6. The maximum atomic E-state index is 9.04. The van der Waals surface area contributed by atoms with Crippen molar-refractivity contribution in [2.24, 2.45) is 5.11 Å². The van der Waals surface area contributed by atoms with Gasteiger partial charge in [-0.05, 0) is 46.1 Å². The van der Waals surface area contributed by atoms with Crippen molar-refractivity contribution in [3.8, 4) is 0 Å². The van der Waals surface area contributed by atoms with E-state index in [2.05, 4.69) is 23.0 Å². The number of allylic oxidation sites excluding steroid dienone is 1. The van der Waals surface area contributed by atoms with E-state index in [0.717, 1.165) is 12.8 Å². The molecule has 0 aliphatic rings. The number of ether oxygens (including phenoxy) is 4. The molecule has 0 aromatic rings. The highest BCUT2D eigenvalue weighted by atomic mass is 16.7. The third-order valence-electron chi connectivity index (χ3n) is 5.53. The van der Waals surface area contributed by atoms with Gasteiger partial charge in [0, 0.05) is 18.1 Å². The quantitative estimate of drug-likeness (QED) is 0.0357. The highest BCUT2D eigenvalue weighted by Crippen LogP contribution is 2.15. The van der Waals surface area contributed by atoms with E-state index in [1.807, 2.05) is 33.8 Å². The molecule has 0 aromatic carbocycles. The molecule has 0 aliphatic carbocycles. The van der Waals surface area contributed by atoms with E-state index in [9.17, 15) is 0 Å². The van der Waals surface area contributed by atoms with E-state index >= 15 is 0 Å². The lowest BCUT2D eigenvalue weighted by atomic mass is 10.0. The summed E-state index contributed by atoms with van der Waals surface area (Å²) in [4.78, 5) is 3.00. The minimum absolute atomic E-state index is 0.220. The third-order valence-corrected chi connectivity index (χ3v) is 5.53. The Morgan fingerprint density at radius 1 is 0.758 bits per heavy atom. The van der Waals surface area contributed by atoms with E-state index in [0.29, 0.717) is 13.2 Å². The molecular weight excluding hydrogens is 418 g/mol. The van der Waals surface area contributed by atoms with Gasteiger partial charge in [-0.3, -0.25) is 0 Å². The molecular formula is C26H51N3O4. The maximum absolute atomic E-state index is 9.04. The zero-order chi connectivity index (χ0) is 24.6. The molecule has 0 bridgehead atoms. The van der Waals surface area contributed by atoms with Crippen LogP contribution in [0.1, 0.15) is 112 Å². The monoisotopic (exact) mass is 469 g/mol. The summed E-state index contributed by atoms with van der Waals surface area (Å²) in [5, 5.41) is 3.92. The summed E-state index contributed by atoms with van der Waals surface area (Å²) in [6, 6.07) is -0.491. The fraction of sp³-hybridized carbons (Fsp3) is 0.923. The molecule has 33 heavy (non-hydrogen) atoms. The van der Waals surface area contributed by atoms with Gasteiger partial charge in [0.25, 0.3) is 0 Å². The van der Waals surface area contributed by atoms with Crippen molar-refractivity contribution in [2.45, 2.75) is 136 Å². The fourth-order valence-corrected chi connectivity index (χ4v) is 3.69. The first-order valence-corrected chi connectivity index (χ1v) is 13.3. The second kappa shape index (κ2) is 24.0. The van der Waals surface area contributed by atoms with Crippen LogP contribution in [0.25, 0.3) is 10.4 Å². The Morgan fingerprint density at radius 3 is 1.85 bits per heavy atom. The Balaban J connectivity index is 4.39. The molecule has 0 N–H and O–H groups in total. The van der Waals surface area contributed by atoms with Crippen LogP contribution >= 0.6 is 0 Å². The van der Waals surface area contributed by atoms with Gasteiger partial charge in [-0.15, -0.1) is 0 Å². The van der Waals surface area contributed by atoms with Gasteiger partial charge in [-0.1, -0.05) is 88.4 Å². The van der Waals surface area contributed by atoms with Gasteiger partial charge in [-0.25, -0.2) is 0 Å². The lowest BCUT2D eigenvalue weighted by molar-refractivity contribution is -0.166. The van der Waals surface area contributed by atoms with Crippen molar-refractivity contribution in [1.29, 1.82) is 0 Å². The molecule has 0 aromatic heterocycles. The number of azide groups is 1. The van der Waals surface area contributed by atoms with Crippen molar-refractivity contribution in [3.05, 3.63) is 22.6 Å². The molecule has 0 aliphatic heterocycles. The van der Waals surface area contributed by atoms with E-state index < -0.39 is 18.4 Å². The number of nitrogens with zero attached hydrogens (tertiary/aromatic N) is 3. The van der Waals surface area contributed by atoms with Crippen molar-refractivity contribution in [3.63, 3.8) is 0 Å². The summed E-state index contributed by atoms with van der Waals surface area (Å²) in [6.45, 7) is 11.1. The topological polar surface area (TPSA) is 85.7 Å². The van der Waals surface area contributed by atoms with Crippen LogP contribution in [-0.2, 0) is 18.9 Å². The molecule has 0 saturated heterocycles. The van der Waals surface area contributed by atoms with Crippen LogP contribution in [-0.4, -0.2) is 44.5 Å². The number of hydrogen-bond acceptors (Lipinski definition) is 5. The minimum atomic E-state index is -0.491. The third kappa shape index (κ3) is 20.0. The van der Waals surface area contributed by atoms with Gasteiger partial charge >= 0.3 is 0 Å². The lowest BCUT2D eigenvalue weighted by Gasteiger charge is -2.25. The molecule has 0 heterocycles. The van der Waals surface area contributed by atoms with Gasteiger partial charge in [0.15, 0.2) is 12.6 Å². The molecule has 0 fully saturated rings. The Labute approximate surface area is 203 Å². The normalized spacial score (nSPS) is 15.3. The van der Waals surface area contributed by atoms with E-state index in [1.165, 1.54) is 64.2 Å². The van der Waals surface area contributed by atoms with Crippen LogP contribution < -0.4 is 0 Å². The molecule has 2 unspecified atom stereocenters. The Morgan fingerprint density at radius 2 is 1.30 bits per heavy atom. The summed E-state index contributed by atoms with van der Waals surface area (Å²) in [5.41, 5.74) is 9.04. The Hall–Kier alpha value is -1.11. The Kier molecular flexibility index (Phi) is 23.2. The first-order valence-electron chi connectivity index (χ1n) is 13.3. The van der Waals surface area contributed by atoms with Crippen LogP contribution in [0.3, 0.4) is 0 Å². The lowest BCUT2D eigenvalue weighted by Crippen LogP contribution is -2.34. The highest BCUT2D eigenvalue weighted by Gasteiger charge is 2.22. The molecule has 7 nitrogen and oxygen atoms in total. The fourth-order valence-electron chi connectivity index (χ4n) is 3.69. The van der Waals surface area contributed by atoms with Crippen LogP contribution in [0.5, 0.6) is 0 Å². The molecule has 0 rings (SSSR count). The zero-order valence-corrected chi connectivity index (χ0v) is 22.0. The van der Waals surface area contributed by atoms with Crippen LogP contribution in [0.15, 0.2) is 17.3 Å². The summed E-state index contributed by atoms with van der Waals surface area (Å²) < 4.78 is 22.6. The average molecular weight is 470 g/mol. The van der Waals surface area contributed by atoms with Crippen molar-refractivity contribution >= 4 is 0 Å². The average Bonchev–Trinajstić information content (AvgIpc) is 2.79. The number of rotatable bonds is 24. The van der Waals surface area contributed by atoms with E-state index in [1.54, 1.807) is 0 Å². The second-order valence-corrected chi connectivity index (χ2v) is 8.50. The van der Waals surface area contributed by atoms with Gasteiger partial charge in [-0.2, -0.15) is 0 Å². The van der Waals surface area contributed by atoms with Crippen LogP contribution in [0.4, 0.5) is 0 Å². The predicted octanol–water partition coefficient (Wildman–Crippen LogP) is 8.09. The Bertz CT molecular complexity index is 498. The van der Waals surface area contributed by atoms with Gasteiger partial charge < -0.3 is 18.9 Å². The van der Waals surface area contributed by atoms with Gasteiger partial charge in [0.2, 0.25) is 0 Å². The minimum Gasteiger partial charge on any atom is -0.353 e. The zero-order valence-electron chi connectivity index (χ0n) is 22.0. The summed E-state index contributed by atoms with van der Waals surface area (Å²) in [5.74, 6) is 0. The molecule has 7 heteroatoms. The first kappa shape index (κ1) is 31.9. The van der Waals surface area contributed by atoms with Crippen molar-refractivity contribution in [2.75, 3.05) is 19.8 Å². The largest absolute Gasteiger partial charge is 0.353 e. The molecule has 0 amide bonds. The molecule has 4 atom stereocenters. The van der Waals surface area contributed by atoms with E-state index in [4.69, 9.17) is 24.5 Å². The maximum Gasteiger partial charge on any atom is 0.155 e. The highest BCUT2D eigenvalue weighted by molar-refractivity contribution is 4.97. The number of unbranched alkanes of at least 4 members (excludes halogenated alkanes) is 11. The molecule has 0 spiro atoms. The molecule has 194 valence electrons. The smallest absolute Gasteiger partial charge is 0.155 e. The second-order valence-electron chi connectivity index (χ2n) is 8.50. The summed E-state index contributed by atoms with van der Waals surface area (Å²) in [7, 11) is 0. The van der Waals surface area contributed by atoms with Gasteiger partial charge in [0.05, 0.1) is 18.8 Å². The van der Waals surface area contributed by atoms with Crippen molar-refractivity contribution in [1.82, 2.24) is 0 Å². The van der Waals surface area contributed by atoms with Crippen LogP contribution in [0, 0.1) is 0 Å². The molecule has 0 saturated carbocycles.